The van der Waals surface area contributed by atoms with Crippen molar-refractivity contribution in [1.29, 1.82) is 0 Å². The van der Waals surface area contributed by atoms with Gasteiger partial charge in [0, 0.05) is 11.6 Å². The van der Waals surface area contributed by atoms with Crippen LogP contribution in [0.1, 0.15) is 6.92 Å². The summed E-state index contributed by atoms with van der Waals surface area (Å²) >= 11 is 0. The fourth-order valence-corrected chi connectivity index (χ4v) is 1.12. The summed E-state index contributed by atoms with van der Waals surface area (Å²) in [6, 6.07) is 0. The third kappa shape index (κ3) is 13.3. The molecule has 126 valence electrons. The smallest absolute Gasteiger partial charge is 0.333 e. The first-order valence-corrected chi connectivity index (χ1v) is 6.93. The highest BCUT2D eigenvalue weighted by atomic mass is 16.6. The molecule has 0 aliphatic heterocycles. The van der Waals surface area contributed by atoms with E-state index < -0.39 is 11.9 Å². The molecule has 0 saturated carbocycles. The normalized spacial score (nSPS) is 10.0. The molecule has 0 aromatic heterocycles. The summed E-state index contributed by atoms with van der Waals surface area (Å²) in [5.74, 6) is -0.887. The lowest BCUT2D eigenvalue weighted by molar-refractivity contribution is -0.140. The molecule has 0 aromatic rings. The zero-order chi connectivity index (χ0) is 16.6. The van der Waals surface area contributed by atoms with Gasteiger partial charge in [0.2, 0.25) is 0 Å². The molecule has 0 unspecified atom stereocenters. The van der Waals surface area contributed by atoms with Crippen molar-refractivity contribution in [3.63, 3.8) is 0 Å². The highest BCUT2D eigenvalue weighted by Gasteiger charge is 2.01. The van der Waals surface area contributed by atoms with Crippen LogP contribution < -0.4 is 0 Å². The summed E-state index contributed by atoms with van der Waals surface area (Å²) in [6.07, 6.45) is 1.10. The van der Waals surface area contributed by atoms with Gasteiger partial charge in [-0.3, -0.25) is 0 Å². The Morgan fingerprint density at radius 1 is 0.818 bits per heavy atom. The number of rotatable bonds is 14. The van der Waals surface area contributed by atoms with E-state index >= 15 is 0 Å². The van der Waals surface area contributed by atoms with Crippen molar-refractivity contribution in [2.45, 2.75) is 6.92 Å². The fraction of sp³-hybridized carbons (Fsp3) is 0.600. The fourth-order valence-electron chi connectivity index (χ4n) is 1.12. The second-order valence-corrected chi connectivity index (χ2v) is 4.12. The van der Waals surface area contributed by atoms with E-state index in [1.165, 1.54) is 0 Å². The maximum Gasteiger partial charge on any atom is 0.333 e. The maximum atomic E-state index is 11.0. The van der Waals surface area contributed by atoms with Crippen LogP contribution in [0.25, 0.3) is 0 Å². The summed E-state index contributed by atoms with van der Waals surface area (Å²) in [4.78, 5) is 21.7. The summed E-state index contributed by atoms with van der Waals surface area (Å²) in [6.45, 7) is 11.0. The predicted octanol–water partition coefficient (Wildman–Crippen LogP) is 0.885. The van der Waals surface area contributed by atoms with Crippen molar-refractivity contribution >= 4 is 11.9 Å². The van der Waals surface area contributed by atoms with Gasteiger partial charge >= 0.3 is 11.9 Å². The van der Waals surface area contributed by atoms with E-state index in [1.807, 2.05) is 0 Å². The predicted molar refractivity (Wildman–Crippen MR) is 79.4 cm³/mol. The molecule has 0 amide bonds. The standard InChI is InChI=1S/C15H24O7/c1-4-14(16)21-11-9-19-7-5-18-6-8-20-10-12-22-15(17)13(2)3/h4H,1-2,5-12H2,3H3. The molecule has 0 aliphatic rings. The number of hydrogen-bond donors (Lipinski definition) is 0. The molecule has 0 atom stereocenters. The van der Waals surface area contributed by atoms with Gasteiger partial charge in [0.05, 0.1) is 39.6 Å². The summed E-state index contributed by atoms with van der Waals surface area (Å²) in [7, 11) is 0. The average molecular weight is 316 g/mol. The molecule has 0 radical (unpaired) electrons. The van der Waals surface area contributed by atoms with Crippen molar-refractivity contribution < 1.29 is 33.3 Å². The van der Waals surface area contributed by atoms with Gasteiger partial charge in [0.25, 0.3) is 0 Å². The Labute approximate surface area is 130 Å². The van der Waals surface area contributed by atoms with Gasteiger partial charge in [0.15, 0.2) is 0 Å². The number of hydrogen-bond acceptors (Lipinski definition) is 7. The molecule has 0 rings (SSSR count). The van der Waals surface area contributed by atoms with Crippen LogP contribution in [0.2, 0.25) is 0 Å². The van der Waals surface area contributed by atoms with Gasteiger partial charge in [-0.15, -0.1) is 0 Å². The van der Waals surface area contributed by atoms with Crippen LogP contribution in [0.3, 0.4) is 0 Å². The third-order valence-corrected chi connectivity index (χ3v) is 2.19. The molecule has 7 heteroatoms. The van der Waals surface area contributed by atoms with E-state index in [9.17, 15) is 9.59 Å². The zero-order valence-electron chi connectivity index (χ0n) is 13.0. The summed E-state index contributed by atoms with van der Waals surface area (Å²) in [5, 5.41) is 0. The van der Waals surface area contributed by atoms with Gasteiger partial charge < -0.3 is 23.7 Å². The van der Waals surface area contributed by atoms with E-state index in [0.717, 1.165) is 6.08 Å². The van der Waals surface area contributed by atoms with Crippen molar-refractivity contribution in [3.05, 3.63) is 24.8 Å². The topological polar surface area (TPSA) is 80.3 Å². The van der Waals surface area contributed by atoms with Crippen LogP contribution in [0.15, 0.2) is 24.8 Å². The molecule has 0 heterocycles. The third-order valence-electron chi connectivity index (χ3n) is 2.19. The molecular formula is C15H24O7. The van der Waals surface area contributed by atoms with Crippen LogP contribution in [-0.4, -0.2) is 64.8 Å². The minimum absolute atomic E-state index is 0.191. The molecule has 0 N–H and O–H groups in total. The summed E-state index contributed by atoms with van der Waals surface area (Å²) in [5.41, 5.74) is 0.364. The second kappa shape index (κ2) is 14.2. The van der Waals surface area contributed by atoms with Crippen molar-refractivity contribution in [2.75, 3.05) is 52.9 Å². The quantitative estimate of drug-likeness (QED) is 0.267. The van der Waals surface area contributed by atoms with Crippen molar-refractivity contribution in [2.24, 2.45) is 0 Å². The minimum Gasteiger partial charge on any atom is -0.460 e. The van der Waals surface area contributed by atoms with E-state index in [-0.39, 0.29) is 13.2 Å². The SMILES string of the molecule is C=CC(=O)OCCOCCOCCOCCOC(=O)C(=C)C. The Bertz CT molecular complexity index is 352. The largest absolute Gasteiger partial charge is 0.460 e. The van der Waals surface area contributed by atoms with Crippen LogP contribution >= 0.6 is 0 Å². The van der Waals surface area contributed by atoms with E-state index in [2.05, 4.69) is 13.2 Å². The zero-order valence-corrected chi connectivity index (χ0v) is 13.0. The van der Waals surface area contributed by atoms with Crippen LogP contribution in [0.4, 0.5) is 0 Å². The maximum absolute atomic E-state index is 11.0. The molecule has 0 spiro atoms. The van der Waals surface area contributed by atoms with Crippen LogP contribution in [0.5, 0.6) is 0 Å². The Morgan fingerprint density at radius 3 is 1.64 bits per heavy atom. The second-order valence-electron chi connectivity index (χ2n) is 4.12. The lowest BCUT2D eigenvalue weighted by atomic mass is 10.4. The molecule has 22 heavy (non-hydrogen) atoms. The molecule has 0 aromatic carbocycles. The number of carbonyl (C=O) groups excluding carboxylic acids is 2. The first-order chi connectivity index (χ1) is 10.6. The molecule has 0 saturated heterocycles. The number of esters is 2. The van der Waals surface area contributed by atoms with Gasteiger partial charge in [-0.2, -0.15) is 0 Å². The Balaban J connectivity index is 3.14. The summed E-state index contributed by atoms with van der Waals surface area (Å²) < 4.78 is 25.2. The lowest BCUT2D eigenvalue weighted by Crippen LogP contribution is -2.15. The van der Waals surface area contributed by atoms with Crippen molar-refractivity contribution in [3.8, 4) is 0 Å². The van der Waals surface area contributed by atoms with Crippen LogP contribution in [-0.2, 0) is 33.3 Å². The van der Waals surface area contributed by atoms with Crippen LogP contribution in [0, 0.1) is 0 Å². The Kier molecular flexibility index (Phi) is 13.1. The van der Waals surface area contributed by atoms with Gasteiger partial charge in [0.1, 0.15) is 13.2 Å². The highest BCUT2D eigenvalue weighted by molar-refractivity contribution is 5.86. The first kappa shape index (κ1) is 20.3. The van der Waals surface area contributed by atoms with Gasteiger partial charge in [-0.1, -0.05) is 13.2 Å². The van der Waals surface area contributed by atoms with E-state index in [4.69, 9.17) is 23.7 Å². The monoisotopic (exact) mass is 316 g/mol. The minimum atomic E-state index is -0.467. The Morgan fingerprint density at radius 2 is 1.23 bits per heavy atom. The van der Waals surface area contributed by atoms with E-state index in [1.54, 1.807) is 6.92 Å². The van der Waals surface area contributed by atoms with E-state index in [0.29, 0.717) is 45.2 Å². The first-order valence-electron chi connectivity index (χ1n) is 6.93. The van der Waals surface area contributed by atoms with Crippen molar-refractivity contribution in [1.82, 2.24) is 0 Å². The molecule has 0 fully saturated rings. The Hall–Kier alpha value is -1.70. The molecule has 0 aliphatic carbocycles. The molecular weight excluding hydrogens is 292 g/mol. The number of carbonyl (C=O) groups is 2. The molecule has 0 bridgehead atoms. The number of ether oxygens (including phenoxy) is 5. The average Bonchev–Trinajstić information content (AvgIpc) is 2.51. The lowest BCUT2D eigenvalue weighted by Gasteiger charge is -2.07. The van der Waals surface area contributed by atoms with Gasteiger partial charge in [-0.05, 0) is 6.92 Å². The highest BCUT2D eigenvalue weighted by Crippen LogP contribution is 1.91. The van der Waals surface area contributed by atoms with Gasteiger partial charge in [-0.25, -0.2) is 9.59 Å². The molecule has 7 nitrogen and oxygen atoms in total.